The van der Waals surface area contributed by atoms with Gasteiger partial charge in [-0.05, 0) is 79.7 Å². The van der Waals surface area contributed by atoms with Gasteiger partial charge >= 0.3 is 0 Å². The largest absolute Gasteiger partial charge is 0.456 e. The van der Waals surface area contributed by atoms with Crippen LogP contribution in [-0.2, 0) is 0 Å². The molecule has 0 aliphatic heterocycles. The van der Waals surface area contributed by atoms with Crippen molar-refractivity contribution in [1.29, 1.82) is 0 Å². The van der Waals surface area contributed by atoms with E-state index in [0.717, 1.165) is 55.0 Å². The zero-order valence-electron chi connectivity index (χ0n) is 24.8. The van der Waals surface area contributed by atoms with E-state index in [0.29, 0.717) is 0 Å². The van der Waals surface area contributed by atoms with Crippen LogP contribution in [-0.4, -0.2) is 0 Å². The molecule has 10 rings (SSSR count). The van der Waals surface area contributed by atoms with Crippen molar-refractivity contribution < 1.29 is 8.83 Å². The molecule has 8 aromatic carbocycles. The number of fused-ring (bicyclic) bond motifs is 8. The molecule has 2 heterocycles. The van der Waals surface area contributed by atoms with Gasteiger partial charge in [0.25, 0.3) is 0 Å². The molecule has 0 saturated heterocycles. The summed E-state index contributed by atoms with van der Waals surface area (Å²) in [6.07, 6.45) is 0. The van der Waals surface area contributed by atoms with E-state index in [1.54, 1.807) is 0 Å². The lowest BCUT2D eigenvalue weighted by Gasteiger charge is -2.20. The molecule has 46 heavy (non-hydrogen) atoms. The third-order valence-corrected chi connectivity index (χ3v) is 9.48. The Kier molecular flexibility index (Phi) is 5.31. The van der Waals surface area contributed by atoms with Gasteiger partial charge in [-0.2, -0.15) is 0 Å². The van der Waals surface area contributed by atoms with E-state index in [4.69, 9.17) is 8.83 Å². The molecule has 10 aromatic rings. The highest BCUT2D eigenvalue weighted by atomic mass is 16.3. The van der Waals surface area contributed by atoms with E-state index in [9.17, 15) is 0 Å². The topological polar surface area (TPSA) is 26.3 Å². The van der Waals surface area contributed by atoms with Gasteiger partial charge in [0, 0.05) is 27.1 Å². The molecule has 0 radical (unpaired) electrons. The minimum absolute atomic E-state index is 0.880. The third-order valence-electron chi connectivity index (χ3n) is 9.48. The van der Waals surface area contributed by atoms with Crippen LogP contribution >= 0.6 is 0 Å². The predicted molar refractivity (Wildman–Crippen MR) is 192 cm³/mol. The van der Waals surface area contributed by atoms with Crippen LogP contribution in [0.5, 0.6) is 0 Å². The second-order valence-electron chi connectivity index (χ2n) is 12.0. The molecule has 0 saturated carbocycles. The van der Waals surface area contributed by atoms with E-state index in [1.165, 1.54) is 43.8 Å². The fourth-order valence-corrected chi connectivity index (χ4v) is 7.52. The Hall–Kier alpha value is -6.12. The number of hydrogen-bond donors (Lipinski definition) is 0. The summed E-state index contributed by atoms with van der Waals surface area (Å²) in [4.78, 5) is 0. The Balaban J connectivity index is 1.39. The lowest BCUT2D eigenvalue weighted by molar-refractivity contribution is 0.669. The van der Waals surface area contributed by atoms with Crippen LogP contribution < -0.4 is 0 Å². The second kappa shape index (κ2) is 9.69. The molecule has 0 unspecified atom stereocenters. The second-order valence-corrected chi connectivity index (χ2v) is 12.0. The first-order chi connectivity index (χ1) is 22.8. The smallest absolute Gasteiger partial charge is 0.136 e. The standard InChI is InChI=1S/C44H26O2/c1-2-12-27(13-3-1)41-32-15-4-6-17-34(32)42(35-18-7-5-16-33(35)41)44-29(24-25-39-43(44)36-19-9-11-21-38(36)45-39)28-22-23-31-30-14-8-10-20-37(30)46-40(31)26-28/h1-26H. The average molecular weight is 587 g/mol. The predicted octanol–water partition coefficient (Wildman–Crippen LogP) is 12.8. The average Bonchev–Trinajstić information content (AvgIpc) is 3.69. The molecule has 2 aromatic heterocycles. The molecule has 2 heteroatoms. The zero-order chi connectivity index (χ0) is 30.2. The monoisotopic (exact) mass is 586 g/mol. The van der Waals surface area contributed by atoms with Gasteiger partial charge in [0.15, 0.2) is 0 Å². The van der Waals surface area contributed by atoms with Crippen molar-refractivity contribution in [3.63, 3.8) is 0 Å². The Morgan fingerprint density at radius 1 is 0.283 bits per heavy atom. The molecule has 0 spiro atoms. The van der Waals surface area contributed by atoms with Gasteiger partial charge in [0.05, 0.1) is 0 Å². The normalized spacial score (nSPS) is 11.9. The van der Waals surface area contributed by atoms with Crippen LogP contribution in [0.15, 0.2) is 167 Å². The van der Waals surface area contributed by atoms with Crippen molar-refractivity contribution in [1.82, 2.24) is 0 Å². The zero-order valence-corrected chi connectivity index (χ0v) is 24.8. The number of para-hydroxylation sites is 2. The van der Waals surface area contributed by atoms with Crippen LogP contribution in [0.25, 0.3) is 98.8 Å². The van der Waals surface area contributed by atoms with Crippen molar-refractivity contribution in [3.05, 3.63) is 158 Å². The molecule has 0 amide bonds. The van der Waals surface area contributed by atoms with Gasteiger partial charge in [0.2, 0.25) is 0 Å². The van der Waals surface area contributed by atoms with Crippen molar-refractivity contribution in [2.45, 2.75) is 0 Å². The fraction of sp³-hybridized carbons (Fsp3) is 0. The van der Waals surface area contributed by atoms with Gasteiger partial charge in [0.1, 0.15) is 22.3 Å². The summed E-state index contributed by atoms with van der Waals surface area (Å²) in [6, 6.07) is 56.1. The van der Waals surface area contributed by atoms with Crippen LogP contribution in [0.1, 0.15) is 0 Å². The number of hydrogen-bond acceptors (Lipinski definition) is 2. The maximum atomic E-state index is 6.51. The molecule has 2 nitrogen and oxygen atoms in total. The van der Waals surface area contributed by atoms with E-state index in [1.807, 2.05) is 18.2 Å². The minimum Gasteiger partial charge on any atom is -0.456 e. The van der Waals surface area contributed by atoms with E-state index < -0.39 is 0 Å². The van der Waals surface area contributed by atoms with Gasteiger partial charge in [-0.15, -0.1) is 0 Å². The molecule has 0 N–H and O–H groups in total. The Labute approximate surface area is 264 Å². The highest BCUT2D eigenvalue weighted by Gasteiger charge is 2.23. The quantitative estimate of drug-likeness (QED) is 0.193. The fourth-order valence-electron chi connectivity index (χ4n) is 7.52. The maximum Gasteiger partial charge on any atom is 0.136 e. The van der Waals surface area contributed by atoms with Crippen LogP contribution in [0.3, 0.4) is 0 Å². The number of furan rings is 2. The molecule has 214 valence electrons. The van der Waals surface area contributed by atoms with E-state index in [-0.39, 0.29) is 0 Å². The molecule has 0 aliphatic rings. The molecule has 0 atom stereocenters. The molecule has 0 aliphatic carbocycles. The summed E-state index contributed by atoms with van der Waals surface area (Å²) in [5.74, 6) is 0. The summed E-state index contributed by atoms with van der Waals surface area (Å²) in [6.45, 7) is 0. The van der Waals surface area contributed by atoms with Crippen LogP contribution in [0, 0.1) is 0 Å². The van der Waals surface area contributed by atoms with Crippen molar-refractivity contribution >= 4 is 65.4 Å². The molecular weight excluding hydrogens is 560 g/mol. The summed E-state index contributed by atoms with van der Waals surface area (Å²) in [5.41, 5.74) is 10.7. The van der Waals surface area contributed by atoms with Gasteiger partial charge < -0.3 is 8.83 Å². The lowest BCUT2D eigenvalue weighted by Crippen LogP contribution is -1.93. The van der Waals surface area contributed by atoms with Crippen LogP contribution in [0.4, 0.5) is 0 Å². The number of rotatable bonds is 3. The highest BCUT2D eigenvalue weighted by molar-refractivity contribution is 6.27. The third kappa shape index (κ3) is 3.59. The summed E-state index contributed by atoms with van der Waals surface area (Å²) < 4.78 is 12.9. The van der Waals surface area contributed by atoms with E-state index >= 15 is 0 Å². The first-order valence-electron chi connectivity index (χ1n) is 15.7. The van der Waals surface area contributed by atoms with Crippen LogP contribution in [0.2, 0.25) is 0 Å². The van der Waals surface area contributed by atoms with Gasteiger partial charge in [-0.3, -0.25) is 0 Å². The molecule has 0 fully saturated rings. The summed E-state index contributed by atoms with van der Waals surface area (Å²) in [5, 5.41) is 9.37. The minimum atomic E-state index is 0.880. The summed E-state index contributed by atoms with van der Waals surface area (Å²) >= 11 is 0. The Morgan fingerprint density at radius 2 is 0.804 bits per heavy atom. The van der Waals surface area contributed by atoms with Gasteiger partial charge in [-0.25, -0.2) is 0 Å². The van der Waals surface area contributed by atoms with Crippen molar-refractivity contribution in [3.8, 4) is 33.4 Å². The molecule has 0 bridgehead atoms. The lowest BCUT2D eigenvalue weighted by atomic mass is 9.82. The number of benzene rings is 8. The summed E-state index contributed by atoms with van der Waals surface area (Å²) in [7, 11) is 0. The first kappa shape index (κ1) is 25.2. The van der Waals surface area contributed by atoms with Crippen molar-refractivity contribution in [2.24, 2.45) is 0 Å². The maximum absolute atomic E-state index is 6.51. The highest BCUT2D eigenvalue weighted by Crippen LogP contribution is 2.50. The van der Waals surface area contributed by atoms with E-state index in [2.05, 4.69) is 140 Å². The molecular formula is C44H26O2. The van der Waals surface area contributed by atoms with Gasteiger partial charge in [-0.1, -0.05) is 127 Å². The SMILES string of the molecule is c1ccc(-c2c3ccccc3c(-c3c(-c4ccc5c(c4)oc4ccccc45)ccc4oc5ccccc5c34)c3ccccc23)cc1. The van der Waals surface area contributed by atoms with Crippen molar-refractivity contribution in [2.75, 3.05) is 0 Å². The Bertz CT molecular complexity index is 2740. The first-order valence-corrected chi connectivity index (χ1v) is 15.7. The Morgan fingerprint density at radius 3 is 1.50 bits per heavy atom.